The molecule has 0 aliphatic carbocycles. The molecule has 0 spiro atoms. The molecule has 148 valence electrons. The molecule has 1 N–H and O–H groups in total. The highest BCUT2D eigenvalue weighted by atomic mass is 35.5. The van der Waals surface area contributed by atoms with E-state index in [0.717, 1.165) is 0 Å². The van der Waals surface area contributed by atoms with E-state index in [1.54, 1.807) is 27.0 Å². The van der Waals surface area contributed by atoms with Crippen molar-refractivity contribution in [3.8, 4) is 5.75 Å². The summed E-state index contributed by atoms with van der Waals surface area (Å²) >= 11 is 19.2. The summed E-state index contributed by atoms with van der Waals surface area (Å²) in [6, 6.07) is 0. The number of rotatable bonds is 4. The van der Waals surface area contributed by atoms with Crippen LogP contribution < -0.4 is 10.1 Å². The zero-order valence-corrected chi connectivity index (χ0v) is 18.0. The van der Waals surface area contributed by atoms with Crippen LogP contribution in [-0.2, 0) is 16.0 Å². The van der Waals surface area contributed by atoms with E-state index >= 15 is 0 Å². The van der Waals surface area contributed by atoms with Crippen LogP contribution in [0.4, 0.5) is 4.79 Å². The minimum atomic E-state index is -0.698. The Balaban J connectivity index is 2.69. The smallest absolute Gasteiger partial charge is 0.419 e. The number of halogens is 3. The summed E-state index contributed by atoms with van der Waals surface area (Å²) in [5, 5.41) is 3.71. The molecule has 1 heterocycles. The Morgan fingerprint density at radius 2 is 1.78 bits per heavy atom. The highest BCUT2D eigenvalue weighted by Gasteiger charge is 2.27. The van der Waals surface area contributed by atoms with Crippen LogP contribution in [0.15, 0.2) is 6.20 Å². The van der Waals surface area contributed by atoms with Crippen molar-refractivity contribution < 1.29 is 19.1 Å². The van der Waals surface area contributed by atoms with E-state index in [-0.39, 0.29) is 26.7 Å². The molecule has 0 saturated carbocycles. The lowest BCUT2D eigenvalue weighted by molar-refractivity contribution is -0.118. The molecule has 0 radical (unpaired) electrons. The van der Waals surface area contributed by atoms with Crippen molar-refractivity contribution in [2.24, 2.45) is 0 Å². The minimum Gasteiger partial charge on any atom is -0.494 e. The van der Waals surface area contributed by atoms with Gasteiger partial charge in [0, 0.05) is 25.1 Å². The fraction of sp³-hybridized carbons (Fsp3) is 0.444. The van der Waals surface area contributed by atoms with Crippen molar-refractivity contribution in [1.82, 2.24) is 9.88 Å². The number of methoxy groups -OCH3 is 1. The highest BCUT2D eigenvalue weighted by Crippen LogP contribution is 2.46. The third-order valence-electron chi connectivity index (χ3n) is 3.67. The maximum Gasteiger partial charge on any atom is 0.419 e. The SMILES string of the molecule is COc1c(Cl)c(Cl)c2c(c(CCNC(C)=O)cn2C(=O)OC(C)(C)C)c1Cl. The molecule has 1 aromatic heterocycles. The first-order chi connectivity index (χ1) is 12.5. The van der Waals surface area contributed by atoms with Crippen molar-refractivity contribution >= 4 is 57.7 Å². The summed E-state index contributed by atoms with van der Waals surface area (Å²) in [7, 11) is 1.43. The molecule has 1 amide bonds. The number of nitrogens with one attached hydrogen (secondary N) is 1. The van der Waals surface area contributed by atoms with Crippen LogP contribution in [0.5, 0.6) is 5.75 Å². The Labute approximate surface area is 172 Å². The van der Waals surface area contributed by atoms with Crippen molar-refractivity contribution in [3.63, 3.8) is 0 Å². The van der Waals surface area contributed by atoms with Gasteiger partial charge in [0.1, 0.15) is 10.6 Å². The Morgan fingerprint density at radius 1 is 1.15 bits per heavy atom. The second kappa shape index (κ2) is 8.17. The van der Waals surface area contributed by atoms with Crippen molar-refractivity contribution in [2.75, 3.05) is 13.7 Å². The lowest BCUT2D eigenvalue weighted by atomic mass is 10.1. The monoisotopic (exact) mass is 434 g/mol. The summed E-state index contributed by atoms with van der Waals surface area (Å²) in [4.78, 5) is 23.9. The van der Waals surface area contributed by atoms with Crippen LogP contribution in [0.3, 0.4) is 0 Å². The Kier molecular flexibility index (Phi) is 6.55. The lowest BCUT2D eigenvalue weighted by Gasteiger charge is -2.20. The molecular weight excluding hydrogens is 415 g/mol. The van der Waals surface area contributed by atoms with Crippen molar-refractivity contribution in [2.45, 2.75) is 39.7 Å². The molecule has 0 bridgehead atoms. The molecule has 0 atom stereocenters. The van der Waals surface area contributed by atoms with Crippen LogP contribution in [0.2, 0.25) is 15.1 Å². The van der Waals surface area contributed by atoms with Crippen molar-refractivity contribution in [3.05, 3.63) is 26.8 Å². The van der Waals surface area contributed by atoms with E-state index < -0.39 is 11.7 Å². The molecule has 27 heavy (non-hydrogen) atoms. The number of ether oxygens (including phenoxy) is 2. The zero-order valence-electron chi connectivity index (χ0n) is 15.7. The van der Waals surface area contributed by atoms with Crippen LogP contribution >= 0.6 is 34.8 Å². The van der Waals surface area contributed by atoms with Crippen molar-refractivity contribution in [1.29, 1.82) is 0 Å². The summed E-state index contributed by atoms with van der Waals surface area (Å²) in [6.45, 7) is 7.08. The van der Waals surface area contributed by atoms with E-state index in [2.05, 4.69) is 5.32 Å². The average molecular weight is 436 g/mol. The van der Waals surface area contributed by atoms with E-state index in [1.807, 2.05) is 0 Å². The Bertz CT molecular complexity index is 901. The molecule has 0 fully saturated rings. The molecule has 0 aliphatic heterocycles. The zero-order chi connectivity index (χ0) is 20.5. The number of hydrogen-bond acceptors (Lipinski definition) is 4. The van der Waals surface area contributed by atoms with Crippen LogP contribution in [0.25, 0.3) is 10.9 Å². The summed E-state index contributed by atoms with van der Waals surface area (Å²) < 4.78 is 12.0. The fourth-order valence-electron chi connectivity index (χ4n) is 2.63. The second-order valence-corrected chi connectivity index (χ2v) is 8.07. The van der Waals surface area contributed by atoms with E-state index in [1.165, 1.54) is 18.6 Å². The van der Waals surface area contributed by atoms with Gasteiger partial charge >= 0.3 is 6.09 Å². The molecule has 2 rings (SSSR count). The fourth-order valence-corrected chi connectivity index (χ4v) is 3.59. The topological polar surface area (TPSA) is 69.6 Å². The summed E-state index contributed by atoms with van der Waals surface area (Å²) in [5.41, 5.74) is 0.335. The van der Waals surface area contributed by atoms with E-state index in [9.17, 15) is 9.59 Å². The number of benzene rings is 1. The molecule has 1 aromatic carbocycles. The van der Waals surface area contributed by atoms with Gasteiger partial charge in [-0.15, -0.1) is 0 Å². The first-order valence-electron chi connectivity index (χ1n) is 8.20. The Hall–Kier alpha value is -1.63. The first-order valence-corrected chi connectivity index (χ1v) is 9.33. The van der Waals surface area contributed by atoms with Gasteiger partial charge < -0.3 is 14.8 Å². The van der Waals surface area contributed by atoms with Crippen LogP contribution in [0, 0.1) is 0 Å². The number of aromatic nitrogens is 1. The number of hydrogen-bond donors (Lipinski definition) is 1. The van der Waals surface area contributed by atoms with E-state index in [4.69, 9.17) is 44.3 Å². The second-order valence-electron chi connectivity index (χ2n) is 6.94. The molecule has 9 heteroatoms. The van der Waals surface area contributed by atoms with Gasteiger partial charge in [0.05, 0.1) is 22.7 Å². The molecule has 0 aliphatic rings. The largest absolute Gasteiger partial charge is 0.494 e. The van der Waals surface area contributed by atoms with Gasteiger partial charge in [-0.2, -0.15) is 0 Å². The number of amides is 1. The van der Waals surface area contributed by atoms with Gasteiger partial charge in [0.2, 0.25) is 5.91 Å². The van der Waals surface area contributed by atoms with Crippen LogP contribution in [0.1, 0.15) is 33.3 Å². The molecule has 0 saturated heterocycles. The Morgan fingerprint density at radius 3 is 2.30 bits per heavy atom. The van der Waals surface area contributed by atoms with Gasteiger partial charge in [-0.25, -0.2) is 4.79 Å². The third-order valence-corrected chi connectivity index (χ3v) is 4.85. The first kappa shape index (κ1) is 21.7. The van der Waals surface area contributed by atoms with Gasteiger partial charge in [0.25, 0.3) is 0 Å². The molecule has 2 aromatic rings. The minimum absolute atomic E-state index is 0.105. The maximum absolute atomic E-state index is 12.7. The number of carbonyl (C=O) groups excluding carboxylic acids is 2. The standard InChI is InChI=1S/C18H21Cl3N2O4/c1-9(24)22-7-6-10-8-23(17(25)27-18(2,3)4)15-11(10)12(19)16(26-5)14(21)13(15)20/h8H,6-7H2,1-5H3,(H,22,24). The molecule has 0 unspecified atom stereocenters. The predicted molar refractivity (Wildman–Crippen MR) is 108 cm³/mol. The van der Waals surface area contributed by atoms with Crippen LogP contribution in [-0.4, -0.2) is 35.8 Å². The quantitative estimate of drug-likeness (QED) is 0.681. The van der Waals surface area contributed by atoms with Gasteiger partial charge in [-0.05, 0) is 32.8 Å². The van der Waals surface area contributed by atoms with Gasteiger partial charge in [-0.3, -0.25) is 9.36 Å². The average Bonchev–Trinajstić information content (AvgIpc) is 2.91. The van der Waals surface area contributed by atoms with Gasteiger partial charge in [-0.1, -0.05) is 34.8 Å². The number of nitrogens with zero attached hydrogens (tertiary/aromatic N) is 1. The van der Waals surface area contributed by atoms with Gasteiger partial charge in [0.15, 0.2) is 5.75 Å². The summed E-state index contributed by atoms with van der Waals surface area (Å²) in [5.74, 6) is 0.0641. The van der Waals surface area contributed by atoms with E-state index in [0.29, 0.717) is 29.4 Å². The predicted octanol–water partition coefficient (Wildman–Crippen LogP) is 5.07. The molecular formula is C18H21Cl3N2O4. The third kappa shape index (κ3) is 4.62. The maximum atomic E-state index is 12.7. The normalized spacial score (nSPS) is 11.6. The lowest BCUT2D eigenvalue weighted by Crippen LogP contribution is -2.26. The highest BCUT2D eigenvalue weighted by molar-refractivity contribution is 6.49. The molecule has 6 nitrogen and oxygen atoms in total. The summed E-state index contributed by atoms with van der Waals surface area (Å²) in [6.07, 6.45) is 1.40. The number of carbonyl (C=O) groups is 2. The number of fused-ring (bicyclic) bond motifs is 1.